The summed E-state index contributed by atoms with van der Waals surface area (Å²) in [5.41, 5.74) is 0.840. The van der Waals surface area contributed by atoms with Crippen molar-refractivity contribution in [2.24, 2.45) is 0 Å². The molecule has 0 aliphatic heterocycles. The number of hydrogen-bond donors (Lipinski definition) is 2. The van der Waals surface area contributed by atoms with Gasteiger partial charge in [-0.2, -0.15) is 5.26 Å². The summed E-state index contributed by atoms with van der Waals surface area (Å²) in [6.45, 7) is 0. The van der Waals surface area contributed by atoms with E-state index in [1.807, 2.05) is 6.07 Å². The minimum absolute atomic E-state index is 0.0520. The van der Waals surface area contributed by atoms with Crippen molar-refractivity contribution in [1.82, 2.24) is 10.3 Å². The van der Waals surface area contributed by atoms with Gasteiger partial charge in [-0.1, -0.05) is 30.3 Å². The van der Waals surface area contributed by atoms with Gasteiger partial charge in [-0.15, -0.1) is 0 Å². The SMILES string of the molecule is N#Cc1ccc(C(=O)N[C@@H](C(=O)O)c2ccccc2)nc1. The number of aliphatic carboxylic acids is 1. The van der Waals surface area contributed by atoms with Crippen molar-refractivity contribution in [3.05, 3.63) is 65.5 Å². The first-order valence-electron chi connectivity index (χ1n) is 6.06. The van der Waals surface area contributed by atoms with Crippen LogP contribution in [0.5, 0.6) is 0 Å². The Morgan fingerprint density at radius 3 is 2.43 bits per heavy atom. The van der Waals surface area contributed by atoms with E-state index in [0.29, 0.717) is 11.1 Å². The van der Waals surface area contributed by atoms with Crippen LogP contribution in [-0.4, -0.2) is 22.0 Å². The maximum Gasteiger partial charge on any atom is 0.330 e. The maximum atomic E-state index is 12.0. The Labute approximate surface area is 120 Å². The summed E-state index contributed by atoms with van der Waals surface area (Å²) in [5.74, 6) is -1.78. The Kier molecular flexibility index (Phi) is 4.26. The Morgan fingerprint density at radius 2 is 1.90 bits per heavy atom. The number of aromatic nitrogens is 1. The average molecular weight is 281 g/mol. The molecule has 2 aromatic rings. The van der Waals surface area contributed by atoms with Crippen molar-refractivity contribution in [2.75, 3.05) is 0 Å². The van der Waals surface area contributed by atoms with Gasteiger partial charge in [0.15, 0.2) is 6.04 Å². The van der Waals surface area contributed by atoms with Crippen LogP contribution in [0.3, 0.4) is 0 Å². The fourth-order valence-electron chi connectivity index (χ4n) is 1.73. The maximum absolute atomic E-state index is 12.0. The van der Waals surface area contributed by atoms with Crippen LogP contribution < -0.4 is 5.32 Å². The molecule has 0 bridgehead atoms. The van der Waals surface area contributed by atoms with Crippen LogP contribution >= 0.6 is 0 Å². The smallest absolute Gasteiger partial charge is 0.330 e. The number of nitriles is 1. The van der Waals surface area contributed by atoms with E-state index < -0.39 is 17.9 Å². The second kappa shape index (κ2) is 6.30. The summed E-state index contributed by atoms with van der Waals surface area (Å²) in [6, 6.07) is 11.9. The predicted molar refractivity (Wildman–Crippen MR) is 73.2 cm³/mol. The summed E-state index contributed by atoms with van der Waals surface area (Å²) >= 11 is 0. The molecule has 6 heteroatoms. The zero-order valence-corrected chi connectivity index (χ0v) is 10.9. The van der Waals surface area contributed by atoms with Crippen molar-refractivity contribution < 1.29 is 14.7 Å². The first-order valence-corrected chi connectivity index (χ1v) is 6.06. The van der Waals surface area contributed by atoms with Gasteiger partial charge in [-0.25, -0.2) is 9.78 Å². The number of rotatable bonds is 4. The highest BCUT2D eigenvalue weighted by Gasteiger charge is 2.22. The van der Waals surface area contributed by atoms with Gasteiger partial charge in [0.2, 0.25) is 0 Å². The van der Waals surface area contributed by atoms with Crippen molar-refractivity contribution >= 4 is 11.9 Å². The van der Waals surface area contributed by atoms with E-state index in [1.165, 1.54) is 18.3 Å². The van der Waals surface area contributed by atoms with E-state index in [1.54, 1.807) is 30.3 Å². The number of benzene rings is 1. The number of amides is 1. The van der Waals surface area contributed by atoms with Gasteiger partial charge in [0, 0.05) is 6.20 Å². The molecule has 0 saturated heterocycles. The Bertz CT molecular complexity index is 690. The van der Waals surface area contributed by atoms with Crippen LogP contribution in [0, 0.1) is 11.3 Å². The Hall–Kier alpha value is -3.20. The van der Waals surface area contributed by atoms with Crippen LogP contribution in [0.15, 0.2) is 48.7 Å². The number of nitrogens with one attached hydrogen (secondary N) is 1. The van der Waals surface area contributed by atoms with Gasteiger partial charge in [0.25, 0.3) is 5.91 Å². The van der Waals surface area contributed by atoms with Gasteiger partial charge in [-0.3, -0.25) is 4.79 Å². The average Bonchev–Trinajstić information content (AvgIpc) is 2.53. The molecular formula is C15H11N3O3. The first-order chi connectivity index (χ1) is 10.1. The minimum Gasteiger partial charge on any atom is -0.479 e. The van der Waals surface area contributed by atoms with E-state index in [4.69, 9.17) is 5.26 Å². The summed E-state index contributed by atoms with van der Waals surface area (Å²) < 4.78 is 0. The molecule has 0 aliphatic carbocycles. The molecule has 0 spiro atoms. The molecule has 6 nitrogen and oxygen atoms in total. The molecule has 1 amide bonds. The van der Waals surface area contributed by atoms with Gasteiger partial charge < -0.3 is 10.4 Å². The number of hydrogen-bond acceptors (Lipinski definition) is 4. The fraction of sp³-hybridized carbons (Fsp3) is 0.0667. The Morgan fingerprint density at radius 1 is 1.19 bits per heavy atom. The summed E-state index contributed by atoms with van der Waals surface area (Å²) in [5, 5.41) is 20.3. The monoisotopic (exact) mass is 281 g/mol. The van der Waals surface area contributed by atoms with Crippen LogP contribution in [0.4, 0.5) is 0 Å². The lowest BCUT2D eigenvalue weighted by atomic mass is 10.1. The topological polar surface area (TPSA) is 103 Å². The number of nitrogens with zero attached hydrogens (tertiary/aromatic N) is 2. The minimum atomic E-state index is -1.16. The van der Waals surface area contributed by atoms with E-state index in [2.05, 4.69) is 10.3 Å². The molecule has 104 valence electrons. The zero-order valence-electron chi connectivity index (χ0n) is 10.9. The Balaban J connectivity index is 2.19. The fourth-order valence-corrected chi connectivity index (χ4v) is 1.73. The zero-order chi connectivity index (χ0) is 15.2. The molecule has 1 atom stereocenters. The van der Waals surface area contributed by atoms with Crippen LogP contribution in [0.25, 0.3) is 0 Å². The standard InChI is InChI=1S/C15H11N3O3/c16-8-10-6-7-12(17-9-10)14(19)18-13(15(20)21)11-4-2-1-3-5-11/h1-7,9,13H,(H,18,19)(H,20,21)/t13-/m1/s1. The van der Waals surface area contributed by atoms with Crippen molar-refractivity contribution in [3.8, 4) is 6.07 Å². The highest BCUT2D eigenvalue weighted by atomic mass is 16.4. The summed E-state index contributed by atoms with van der Waals surface area (Å²) in [7, 11) is 0. The number of carboxylic acid groups (broad SMARTS) is 1. The highest BCUT2D eigenvalue weighted by Crippen LogP contribution is 2.13. The lowest BCUT2D eigenvalue weighted by molar-refractivity contribution is -0.139. The third-order valence-electron chi connectivity index (χ3n) is 2.78. The summed E-state index contributed by atoms with van der Waals surface area (Å²) in [6.07, 6.45) is 1.26. The molecule has 0 radical (unpaired) electrons. The first kappa shape index (κ1) is 14.2. The van der Waals surface area contributed by atoms with E-state index >= 15 is 0 Å². The van der Waals surface area contributed by atoms with Crippen LogP contribution in [0.1, 0.15) is 27.7 Å². The number of carbonyl (C=O) groups excluding carboxylic acids is 1. The molecule has 0 fully saturated rings. The van der Waals surface area contributed by atoms with E-state index in [9.17, 15) is 14.7 Å². The van der Waals surface area contributed by atoms with Crippen LogP contribution in [0.2, 0.25) is 0 Å². The van der Waals surface area contributed by atoms with Gasteiger partial charge in [0.05, 0.1) is 5.56 Å². The molecule has 21 heavy (non-hydrogen) atoms. The quantitative estimate of drug-likeness (QED) is 0.884. The predicted octanol–water partition coefficient (Wildman–Crippen LogP) is 1.51. The molecule has 1 heterocycles. The third-order valence-corrected chi connectivity index (χ3v) is 2.78. The number of carboxylic acids is 1. The van der Waals surface area contributed by atoms with Gasteiger partial charge in [0.1, 0.15) is 11.8 Å². The second-order valence-electron chi connectivity index (χ2n) is 4.20. The molecule has 2 N–H and O–H groups in total. The van der Waals surface area contributed by atoms with Gasteiger partial charge in [-0.05, 0) is 17.7 Å². The molecular weight excluding hydrogens is 270 g/mol. The van der Waals surface area contributed by atoms with Crippen molar-refractivity contribution in [3.63, 3.8) is 0 Å². The lowest BCUT2D eigenvalue weighted by Crippen LogP contribution is -2.34. The second-order valence-corrected chi connectivity index (χ2v) is 4.20. The van der Waals surface area contributed by atoms with E-state index in [0.717, 1.165) is 0 Å². The molecule has 0 saturated carbocycles. The molecule has 2 rings (SSSR count). The highest BCUT2D eigenvalue weighted by molar-refractivity contribution is 5.95. The molecule has 0 aliphatic rings. The molecule has 1 aromatic heterocycles. The summed E-state index contributed by atoms with van der Waals surface area (Å²) in [4.78, 5) is 27.1. The number of carbonyl (C=O) groups is 2. The largest absolute Gasteiger partial charge is 0.479 e. The van der Waals surface area contributed by atoms with E-state index in [-0.39, 0.29) is 5.69 Å². The molecule has 0 unspecified atom stereocenters. The van der Waals surface area contributed by atoms with Crippen molar-refractivity contribution in [2.45, 2.75) is 6.04 Å². The molecule has 1 aromatic carbocycles. The normalized spacial score (nSPS) is 11.2. The number of pyridine rings is 1. The van der Waals surface area contributed by atoms with Gasteiger partial charge >= 0.3 is 5.97 Å². The van der Waals surface area contributed by atoms with Crippen molar-refractivity contribution in [1.29, 1.82) is 5.26 Å². The lowest BCUT2D eigenvalue weighted by Gasteiger charge is -2.14. The third kappa shape index (κ3) is 3.42. The van der Waals surface area contributed by atoms with Crippen LogP contribution in [-0.2, 0) is 4.79 Å².